The number of carboxylic acids is 2. The highest BCUT2D eigenvalue weighted by Crippen LogP contribution is 2.23. The molecular formula is C11H12O5. The number of rotatable bonds is 5. The second-order valence-electron chi connectivity index (χ2n) is 3.09. The molecule has 0 aromatic heterocycles. The van der Waals surface area contributed by atoms with E-state index in [0.29, 0.717) is 12.4 Å². The van der Waals surface area contributed by atoms with Crippen LogP contribution in [0.4, 0.5) is 0 Å². The van der Waals surface area contributed by atoms with Crippen LogP contribution in [-0.4, -0.2) is 28.8 Å². The van der Waals surface area contributed by atoms with E-state index in [1.54, 1.807) is 13.0 Å². The molecule has 0 bridgehead atoms. The maximum Gasteiger partial charge on any atom is 0.336 e. The van der Waals surface area contributed by atoms with Gasteiger partial charge in [-0.25, -0.2) is 4.79 Å². The summed E-state index contributed by atoms with van der Waals surface area (Å²) < 4.78 is 5.20. The van der Waals surface area contributed by atoms with Crippen LogP contribution in [0.2, 0.25) is 0 Å². The van der Waals surface area contributed by atoms with E-state index in [2.05, 4.69) is 0 Å². The second-order valence-corrected chi connectivity index (χ2v) is 3.09. The zero-order valence-corrected chi connectivity index (χ0v) is 8.77. The van der Waals surface area contributed by atoms with Gasteiger partial charge in [-0.1, -0.05) is 6.07 Å². The Morgan fingerprint density at radius 1 is 1.31 bits per heavy atom. The van der Waals surface area contributed by atoms with E-state index < -0.39 is 11.9 Å². The van der Waals surface area contributed by atoms with Crippen molar-refractivity contribution >= 4 is 11.9 Å². The van der Waals surface area contributed by atoms with Crippen LogP contribution in [0.3, 0.4) is 0 Å². The zero-order chi connectivity index (χ0) is 12.1. The lowest BCUT2D eigenvalue weighted by atomic mass is 10.0. The van der Waals surface area contributed by atoms with Crippen molar-refractivity contribution in [3.05, 3.63) is 29.3 Å². The first-order valence-electron chi connectivity index (χ1n) is 4.76. The minimum Gasteiger partial charge on any atom is -0.494 e. The topological polar surface area (TPSA) is 83.8 Å². The molecule has 86 valence electrons. The van der Waals surface area contributed by atoms with Gasteiger partial charge < -0.3 is 14.9 Å². The lowest BCUT2D eigenvalue weighted by Gasteiger charge is -2.10. The predicted octanol–water partition coefficient (Wildman–Crippen LogP) is 1.41. The third-order valence-electron chi connectivity index (χ3n) is 1.99. The average Bonchev–Trinajstić information content (AvgIpc) is 2.19. The third kappa shape index (κ3) is 2.73. The number of aliphatic carboxylic acids is 1. The smallest absolute Gasteiger partial charge is 0.336 e. The van der Waals surface area contributed by atoms with Crippen LogP contribution in [0.5, 0.6) is 5.75 Å². The summed E-state index contributed by atoms with van der Waals surface area (Å²) in [5.41, 5.74) is 0.165. The van der Waals surface area contributed by atoms with Gasteiger partial charge >= 0.3 is 11.9 Å². The van der Waals surface area contributed by atoms with Crippen molar-refractivity contribution in [3.8, 4) is 5.75 Å². The van der Waals surface area contributed by atoms with Crippen molar-refractivity contribution in [2.75, 3.05) is 6.61 Å². The highest BCUT2D eigenvalue weighted by Gasteiger charge is 2.17. The second kappa shape index (κ2) is 5.16. The van der Waals surface area contributed by atoms with Crippen LogP contribution < -0.4 is 4.74 Å². The molecule has 5 heteroatoms. The van der Waals surface area contributed by atoms with Gasteiger partial charge in [0.2, 0.25) is 0 Å². The quantitative estimate of drug-likeness (QED) is 0.790. The summed E-state index contributed by atoms with van der Waals surface area (Å²) in [7, 11) is 0. The monoisotopic (exact) mass is 224 g/mol. The van der Waals surface area contributed by atoms with E-state index in [0.717, 1.165) is 0 Å². The van der Waals surface area contributed by atoms with Gasteiger partial charge in [0.15, 0.2) is 0 Å². The number of hydrogen-bond donors (Lipinski definition) is 2. The molecule has 0 aliphatic rings. The van der Waals surface area contributed by atoms with E-state index in [1.165, 1.54) is 12.1 Å². The molecular weight excluding hydrogens is 212 g/mol. The summed E-state index contributed by atoms with van der Waals surface area (Å²) in [4.78, 5) is 21.6. The molecule has 0 saturated carbocycles. The minimum absolute atomic E-state index is 0.0339. The number of hydrogen-bond acceptors (Lipinski definition) is 3. The van der Waals surface area contributed by atoms with Gasteiger partial charge in [-0.3, -0.25) is 4.79 Å². The van der Waals surface area contributed by atoms with Crippen molar-refractivity contribution in [2.45, 2.75) is 13.3 Å². The molecule has 0 aliphatic heterocycles. The minimum atomic E-state index is -1.15. The Morgan fingerprint density at radius 3 is 2.50 bits per heavy atom. The van der Waals surface area contributed by atoms with Crippen molar-refractivity contribution in [1.82, 2.24) is 0 Å². The molecule has 16 heavy (non-hydrogen) atoms. The Kier molecular flexibility index (Phi) is 3.88. The summed E-state index contributed by atoms with van der Waals surface area (Å²) in [5.74, 6) is -1.93. The number of carbonyl (C=O) groups is 2. The Morgan fingerprint density at radius 2 is 2.00 bits per heavy atom. The van der Waals surface area contributed by atoms with Crippen LogP contribution in [0.1, 0.15) is 22.8 Å². The van der Waals surface area contributed by atoms with Gasteiger partial charge in [-0.2, -0.15) is 0 Å². The van der Waals surface area contributed by atoms with Gasteiger partial charge in [0.1, 0.15) is 5.75 Å². The van der Waals surface area contributed by atoms with Crippen LogP contribution in [0.15, 0.2) is 18.2 Å². The SMILES string of the molecule is CCOc1cccc(C(=O)O)c1CC(=O)O. The van der Waals surface area contributed by atoms with Crippen LogP contribution >= 0.6 is 0 Å². The summed E-state index contributed by atoms with van der Waals surface area (Å²) in [6, 6.07) is 4.46. The summed E-state index contributed by atoms with van der Waals surface area (Å²) in [5, 5.41) is 17.6. The highest BCUT2D eigenvalue weighted by molar-refractivity contribution is 5.91. The Hall–Kier alpha value is -2.04. The first kappa shape index (κ1) is 12.0. The summed E-state index contributed by atoms with van der Waals surface area (Å²) in [6.45, 7) is 2.10. The van der Waals surface area contributed by atoms with E-state index >= 15 is 0 Å². The first-order valence-corrected chi connectivity index (χ1v) is 4.76. The molecule has 1 rings (SSSR count). The van der Waals surface area contributed by atoms with Crippen LogP contribution in [-0.2, 0) is 11.2 Å². The Balaban J connectivity index is 3.22. The molecule has 0 radical (unpaired) electrons. The third-order valence-corrected chi connectivity index (χ3v) is 1.99. The molecule has 1 aromatic carbocycles. The number of carboxylic acid groups (broad SMARTS) is 2. The molecule has 0 unspecified atom stereocenters. The van der Waals surface area contributed by atoms with Crippen LogP contribution in [0.25, 0.3) is 0 Å². The first-order chi connectivity index (χ1) is 7.56. The molecule has 0 aliphatic carbocycles. The molecule has 0 atom stereocenters. The van der Waals surface area contributed by atoms with Gasteiger partial charge in [0.05, 0.1) is 18.6 Å². The van der Waals surface area contributed by atoms with E-state index in [-0.39, 0.29) is 17.5 Å². The highest BCUT2D eigenvalue weighted by atomic mass is 16.5. The van der Waals surface area contributed by atoms with Gasteiger partial charge in [-0.15, -0.1) is 0 Å². The zero-order valence-electron chi connectivity index (χ0n) is 8.77. The lowest BCUT2D eigenvalue weighted by molar-refractivity contribution is -0.136. The summed E-state index contributed by atoms with van der Waals surface area (Å²) >= 11 is 0. The van der Waals surface area contributed by atoms with Crippen molar-refractivity contribution in [2.24, 2.45) is 0 Å². The van der Waals surface area contributed by atoms with E-state index in [9.17, 15) is 9.59 Å². The lowest BCUT2D eigenvalue weighted by Crippen LogP contribution is -2.10. The van der Waals surface area contributed by atoms with E-state index in [1.807, 2.05) is 0 Å². The molecule has 0 spiro atoms. The predicted molar refractivity (Wildman–Crippen MR) is 55.9 cm³/mol. The molecule has 1 aromatic rings. The van der Waals surface area contributed by atoms with Gasteiger partial charge in [-0.05, 0) is 19.1 Å². The van der Waals surface area contributed by atoms with Gasteiger partial charge in [0.25, 0.3) is 0 Å². The maximum absolute atomic E-state index is 10.9. The molecule has 0 amide bonds. The van der Waals surface area contributed by atoms with Crippen molar-refractivity contribution < 1.29 is 24.5 Å². The Bertz CT molecular complexity index is 411. The fourth-order valence-corrected chi connectivity index (χ4v) is 1.39. The molecule has 5 nitrogen and oxygen atoms in total. The summed E-state index contributed by atoms with van der Waals surface area (Å²) in [6.07, 6.45) is -0.363. The van der Waals surface area contributed by atoms with Crippen LogP contribution in [0, 0.1) is 0 Å². The fourth-order valence-electron chi connectivity index (χ4n) is 1.39. The van der Waals surface area contributed by atoms with Gasteiger partial charge in [0, 0.05) is 5.56 Å². The number of benzene rings is 1. The number of ether oxygens (including phenoxy) is 1. The Labute approximate surface area is 92.3 Å². The van der Waals surface area contributed by atoms with Crippen molar-refractivity contribution in [1.29, 1.82) is 0 Å². The van der Waals surface area contributed by atoms with Crippen molar-refractivity contribution in [3.63, 3.8) is 0 Å². The fraction of sp³-hybridized carbons (Fsp3) is 0.273. The van der Waals surface area contributed by atoms with E-state index in [4.69, 9.17) is 14.9 Å². The largest absolute Gasteiger partial charge is 0.494 e. The average molecular weight is 224 g/mol. The maximum atomic E-state index is 10.9. The molecule has 0 saturated heterocycles. The standard InChI is InChI=1S/C11H12O5/c1-2-16-9-5-3-4-7(11(14)15)8(9)6-10(12)13/h3-5H,2,6H2,1H3,(H,12,13)(H,14,15). The normalized spacial score (nSPS) is 9.81. The number of aromatic carboxylic acids is 1. The molecule has 0 fully saturated rings. The molecule has 0 heterocycles. The molecule has 2 N–H and O–H groups in total.